The molecule has 0 aliphatic carbocycles. The first-order chi connectivity index (χ1) is 8.59. The molecule has 1 heterocycles. The van der Waals surface area contributed by atoms with Gasteiger partial charge in [-0.1, -0.05) is 40.7 Å². The summed E-state index contributed by atoms with van der Waals surface area (Å²) in [4.78, 5) is 15.6. The Hall–Kier alpha value is -0.830. The van der Waals surface area contributed by atoms with Crippen LogP contribution in [0.15, 0.2) is 12.2 Å². The minimum Gasteiger partial charge on any atom is -0.339 e. The molecule has 1 fully saturated rings. The number of nitrogens with zero attached hydrogens (tertiary/aromatic N) is 2. The highest BCUT2D eigenvalue weighted by Crippen LogP contribution is 2.14. The second kappa shape index (κ2) is 12.6. The molecule has 1 aliphatic rings. The number of carbonyl (C=O) groups excluding carboxylic acids is 1. The van der Waals surface area contributed by atoms with Gasteiger partial charge in [-0.2, -0.15) is 0 Å². The van der Waals surface area contributed by atoms with Gasteiger partial charge in [-0.15, -0.1) is 0 Å². The van der Waals surface area contributed by atoms with E-state index in [9.17, 15) is 4.79 Å². The molecule has 3 heteroatoms. The Labute approximate surface area is 114 Å². The lowest BCUT2D eigenvalue weighted by molar-refractivity contribution is -0.125. The van der Waals surface area contributed by atoms with E-state index in [1.165, 1.54) is 0 Å². The van der Waals surface area contributed by atoms with E-state index in [2.05, 4.69) is 6.92 Å². The molecule has 108 valence electrons. The molecule has 1 rings (SSSR count). The molecular formula is C15H32N2O. The summed E-state index contributed by atoms with van der Waals surface area (Å²) in [7, 11) is 3.99. The van der Waals surface area contributed by atoms with Crippen molar-refractivity contribution in [2.45, 2.75) is 41.0 Å². The van der Waals surface area contributed by atoms with Crippen LogP contribution in [0.2, 0.25) is 0 Å². The molecule has 0 N–H and O–H groups in total. The Bertz CT molecular complexity index is 225. The Morgan fingerprint density at radius 3 is 2.22 bits per heavy atom. The zero-order valence-corrected chi connectivity index (χ0v) is 13.4. The van der Waals surface area contributed by atoms with Gasteiger partial charge >= 0.3 is 0 Å². The first kappa shape index (κ1) is 19.5. The van der Waals surface area contributed by atoms with Crippen LogP contribution in [0.25, 0.3) is 0 Å². The maximum absolute atomic E-state index is 11.6. The Balaban J connectivity index is 0. The van der Waals surface area contributed by atoms with Crippen LogP contribution in [0.4, 0.5) is 0 Å². The number of carbonyl (C=O) groups is 1. The predicted octanol–water partition coefficient (Wildman–Crippen LogP) is 3.03. The molecular weight excluding hydrogens is 224 g/mol. The summed E-state index contributed by atoms with van der Waals surface area (Å²) in [6.45, 7) is 12.9. The normalized spacial score (nSPS) is 18.2. The molecule has 0 bridgehead atoms. The van der Waals surface area contributed by atoms with Crippen molar-refractivity contribution in [3.05, 3.63) is 12.2 Å². The highest BCUT2D eigenvalue weighted by molar-refractivity contribution is 5.87. The first-order valence-corrected chi connectivity index (χ1v) is 7.19. The molecule has 0 radical (unpaired) electrons. The van der Waals surface area contributed by atoms with Crippen molar-refractivity contribution in [1.82, 2.24) is 9.80 Å². The van der Waals surface area contributed by atoms with Gasteiger partial charge in [0, 0.05) is 25.7 Å². The van der Waals surface area contributed by atoms with Crippen LogP contribution >= 0.6 is 0 Å². The van der Waals surface area contributed by atoms with Gasteiger partial charge in [-0.3, -0.25) is 4.79 Å². The fourth-order valence-electron chi connectivity index (χ4n) is 1.60. The van der Waals surface area contributed by atoms with E-state index in [4.69, 9.17) is 0 Å². The van der Waals surface area contributed by atoms with Crippen molar-refractivity contribution in [3.8, 4) is 0 Å². The summed E-state index contributed by atoms with van der Waals surface area (Å²) < 4.78 is 0. The van der Waals surface area contributed by atoms with Gasteiger partial charge in [-0.05, 0) is 26.4 Å². The van der Waals surface area contributed by atoms with Crippen LogP contribution in [0, 0.1) is 5.92 Å². The van der Waals surface area contributed by atoms with Gasteiger partial charge in [0.05, 0.1) is 0 Å². The van der Waals surface area contributed by atoms with Gasteiger partial charge in [0.15, 0.2) is 0 Å². The van der Waals surface area contributed by atoms with Crippen LogP contribution in [-0.2, 0) is 4.79 Å². The van der Waals surface area contributed by atoms with Crippen LogP contribution in [0.3, 0.4) is 0 Å². The molecule has 0 spiro atoms. The lowest BCUT2D eigenvalue weighted by atomic mass is 10.2. The standard InChI is InChI=1S/C11H20N2O.2C2H6/c1-10-6-8-13(9-10)11(14)5-4-7-12(2)3;2*1-2/h4-5,10H,6-9H2,1-3H3;2*1-2H3/b5-4+;;. The molecule has 0 aromatic rings. The van der Waals surface area contributed by atoms with Gasteiger partial charge in [0.2, 0.25) is 5.91 Å². The highest BCUT2D eigenvalue weighted by atomic mass is 16.2. The van der Waals surface area contributed by atoms with Crippen molar-refractivity contribution in [2.75, 3.05) is 33.7 Å². The number of likely N-dealkylation sites (N-methyl/N-ethyl adjacent to an activating group) is 1. The summed E-state index contributed by atoms with van der Waals surface area (Å²) in [6.07, 6.45) is 4.76. The minimum absolute atomic E-state index is 0.163. The highest BCUT2D eigenvalue weighted by Gasteiger charge is 2.21. The van der Waals surface area contributed by atoms with E-state index >= 15 is 0 Å². The third kappa shape index (κ3) is 9.23. The van der Waals surface area contributed by atoms with Crippen molar-refractivity contribution in [3.63, 3.8) is 0 Å². The predicted molar refractivity (Wildman–Crippen MR) is 80.8 cm³/mol. The number of hydrogen-bond donors (Lipinski definition) is 0. The van der Waals surface area contributed by atoms with Crippen molar-refractivity contribution < 1.29 is 4.79 Å². The maximum Gasteiger partial charge on any atom is 0.246 e. The first-order valence-electron chi connectivity index (χ1n) is 7.19. The fraction of sp³-hybridized carbons (Fsp3) is 0.800. The van der Waals surface area contributed by atoms with Crippen molar-refractivity contribution >= 4 is 5.91 Å². The molecule has 0 aromatic heterocycles. The van der Waals surface area contributed by atoms with Crippen molar-refractivity contribution in [2.24, 2.45) is 5.92 Å². The molecule has 1 unspecified atom stereocenters. The molecule has 1 atom stereocenters. The Kier molecular flexibility index (Phi) is 13.7. The van der Waals surface area contributed by atoms with Crippen LogP contribution in [0.5, 0.6) is 0 Å². The second-order valence-corrected chi connectivity index (χ2v) is 4.34. The fourth-order valence-corrected chi connectivity index (χ4v) is 1.60. The molecule has 3 nitrogen and oxygen atoms in total. The lowest BCUT2D eigenvalue weighted by Gasteiger charge is -2.13. The summed E-state index contributed by atoms with van der Waals surface area (Å²) in [5, 5.41) is 0. The van der Waals surface area contributed by atoms with Gasteiger partial charge < -0.3 is 9.80 Å². The van der Waals surface area contributed by atoms with E-state index in [1.807, 2.05) is 57.7 Å². The number of hydrogen-bond acceptors (Lipinski definition) is 2. The van der Waals surface area contributed by atoms with E-state index in [-0.39, 0.29) is 5.91 Å². The topological polar surface area (TPSA) is 23.6 Å². The average Bonchev–Trinajstić information content (AvgIpc) is 2.80. The third-order valence-electron chi connectivity index (χ3n) is 2.47. The van der Waals surface area contributed by atoms with Crippen LogP contribution in [-0.4, -0.2) is 49.4 Å². The number of likely N-dealkylation sites (tertiary alicyclic amines) is 1. The van der Waals surface area contributed by atoms with Gasteiger partial charge in [-0.25, -0.2) is 0 Å². The minimum atomic E-state index is 0.163. The van der Waals surface area contributed by atoms with Gasteiger partial charge in [0.25, 0.3) is 0 Å². The van der Waals surface area contributed by atoms with E-state index in [1.54, 1.807) is 6.08 Å². The Morgan fingerprint density at radius 2 is 1.83 bits per heavy atom. The largest absolute Gasteiger partial charge is 0.339 e. The smallest absolute Gasteiger partial charge is 0.246 e. The zero-order valence-electron chi connectivity index (χ0n) is 13.4. The quantitative estimate of drug-likeness (QED) is 0.725. The molecule has 1 saturated heterocycles. The number of rotatable bonds is 3. The molecule has 1 aliphatic heterocycles. The average molecular weight is 256 g/mol. The van der Waals surface area contributed by atoms with Gasteiger partial charge in [0.1, 0.15) is 0 Å². The second-order valence-electron chi connectivity index (χ2n) is 4.34. The summed E-state index contributed by atoms with van der Waals surface area (Å²) >= 11 is 0. The summed E-state index contributed by atoms with van der Waals surface area (Å²) in [6, 6.07) is 0. The lowest BCUT2D eigenvalue weighted by Crippen LogP contribution is -2.26. The van der Waals surface area contributed by atoms with Crippen LogP contribution < -0.4 is 0 Å². The monoisotopic (exact) mass is 256 g/mol. The summed E-state index contributed by atoms with van der Waals surface area (Å²) in [5.74, 6) is 0.831. The molecule has 0 saturated carbocycles. The number of amides is 1. The molecule has 0 aromatic carbocycles. The van der Waals surface area contributed by atoms with E-state index in [0.717, 1.165) is 26.1 Å². The maximum atomic E-state index is 11.6. The molecule has 1 amide bonds. The van der Waals surface area contributed by atoms with E-state index < -0.39 is 0 Å². The Morgan fingerprint density at radius 1 is 1.28 bits per heavy atom. The summed E-state index contributed by atoms with van der Waals surface area (Å²) in [5.41, 5.74) is 0. The van der Waals surface area contributed by atoms with E-state index in [0.29, 0.717) is 5.92 Å². The van der Waals surface area contributed by atoms with Crippen molar-refractivity contribution in [1.29, 1.82) is 0 Å². The zero-order chi connectivity index (χ0) is 14.6. The molecule has 18 heavy (non-hydrogen) atoms. The van der Waals surface area contributed by atoms with Crippen LogP contribution in [0.1, 0.15) is 41.0 Å². The SMILES string of the molecule is CC.CC.CC1CCN(C(=O)/C=C/CN(C)C)C1. The third-order valence-corrected chi connectivity index (χ3v) is 2.47.